The molecule has 0 aromatic carbocycles. The van der Waals surface area contributed by atoms with Crippen molar-refractivity contribution in [2.45, 2.75) is 19.3 Å². The lowest BCUT2D eigenvalue weighted by atomic mass is 9.88. The molecule has 5 heteroatoms. The van der Waals surface area contributed by atoms with Crippen LogP contribution < -0.4 is 0 Å². The number of alkyl halides is 3. The van der Waals surface area contributed by atoms with Gasteiger partial charge in [0.15, 0.2) is 0 Å². The van der Waals surface area contributed by atoms with Crippen LogP contribution in [0.15, 0.2) is 23.5 Å². The van der Waals surface area contributed by atoms with Gasteiger partial charge in [-0.1, -0.05) is 22.0 Å². The lowest BCUT2D eigenvalue weighted by Gasteiger charge is -2.27. The van der Waals surface area contributed by atoms with E-state index in [0.29, 0.717) is 18.4 Å². The van der Waals surface area contributed by atoms with Gasteiger partial charge in [-0.05, 0) is 12.5 Å². The van der Waals surface area contributed by atoms with E-state index < -0.39 is 5.92 Å². The fourth-order valence-corrected chi connectivity index (χ4v) is 2.41. The molecular formula is C12H17BrF2O2. The second kappa shape index (κ2) is 6.50. The molecule has 0 bridgehead atoms. The van der Waals surface area contributed by atoms with E-state index in [1.807, 2.05) is 6.08 Å². The highest BCUT2D eigenvalue weighted by atomic mass is 79.9. The second-order valence-electron chi connectivity index (χ2n) is 4.00. The number of halogens is 3. The van der Waals surface area contributed by atoms with Gasteiger partial charge in [0.2, 0.25) is 0 Å². The van der Waals surface area contributed by atoms with E-state index in [1.165, 1.54) is 0 Å². The van der Waals surface area contributed by atoms with E-state index in [-0.39, 0.29) is 23.9 Å². The van der Waals surface area contributed by atoms with Crippen LogP contribution >= 0.6 is 15.9 Å². The number of ether oxygens (including phenoxy) is 2. The van der Waals surface area contributed by atoms with Crippen molar-refractivity contribution >= 4 is 15.9 Å². The van der Waals surface area contributed by atoms with Gasteiger partial charge < -0.3 is 9.47 Å². The van der Waals surface area contributed by atoms with Crippen molar-refractivity contribution in [3.8, 4) is 0 Å². The summed E-state index contributed by atoms with van der Waals surface area (Å²) in [5, 5.41) is 0.507. The second-order valence-corrected chi connectivity index (χ2v) is 4.64. The lowest BCUT2D eigenvalue weighted by molar-refractivity contribution is 0.0406. The van der Waals surface area contributed by atoms with Crippen LogP contribution in [0.5, 0.6) is 0 Å². The predicted octanol–water partition coefficient (Wildman–Crippen LogP) is 3.53. The average Bonchev–Trinajstić information content (AvgIpc) is 2.27. The highest BCUT2D eigenvalue weighted by Crippen LogP contribution is 2.38. The zero-order valence-corrected chi connectivity index (χ0v) is 11.6. The topological polar surface area (TPSA) is 18.5 Å². The van der Waals surface area contributed by atoms with Gasteiger partial charge in [0.05, 0.1) is 6.61 Å². The van der Waals surface area contributed by atoms with Crippen LogP contribution in [-0.4, -0.2) is 31.6 Å². The van der Waals surface area contributed by atoms with Crippen LogP contribution in [0.25, 0.3) is 0 Å². The average molecular weight is 311 g/mol. The third-order valence-electron chi connectivity index (χ3n) is 2.57. The maximum Gasteiger partial charge on any atom is 0.270 e. The number of hydrogen-bond acceptors (Lipinski definition) is 2. The summed E-state index contributed by atoms with van der Waals surface area (Å²) >= 11 is 3.27. The van der Waals surface area contributed by atoms with Crippen molar-refractivity contribution in [1.82, 2.24) is 0 Å². The van der Waals surface area contributed by atoms with Crippen molar-refractivity contribution < 1.29 is 18.3 Å². The van der Waals surface area contributed by atoms with Crippen LogP contribution in [0.4, 0.5) is 8.78 Å². The molecule has 0 saturated carbocycles. The Morgan fingerprint density at radius 3 is 2.71 bits per heavy atom. The Bertz CT molecular complexity index is 308. The number of methoxy groups -OCH3 is 1. The zero-order chi connectivity index (χ0) is 12.9. The maximum atomic E-state index is 13.6. The first kappa shape index (κ1) is 14.6. The zero-order valence-electron chi connectivity index (χ0n) is 10.0. The van der Waals surface area contributed by atoms with E-state index >= 15 is 0 Å². The summed E-state index contributed by atoms with van der Waals surface area (Å²) in [4.78, 5) is 0. The molecule has 0 radical (unpaired) electrons. The Hall–Kier alpha value is -0.420. The molecule has 0 spiro atoms. The predicted molar refractivity (Wildman–Crippen MR) is 66.5 cm³/mol. The normalized spacial score (nSPS) is 20.9. The number of hydrogen-bond donors (Lipinski definition) is 0. The monoisotopic (exact) mass is 310 g/mol. The van der Waals surface area contributed by atoms with Crippen LogP contribution in [0, 0.1) is 5.92 Å². The van der Waals surface area contributed by atoms with Gasteiger partial charge in [-0.15, -0.1) is 0 Å². The Labute approximate surface area is 109 Å². The maximum absolute atomic E-state index is 13.6. The molecule has 0 aliphatic heterocycles. The van der Waals surface area contributed by atoms with Gasteiger partial charge in [-0.25, -0.2) is 8.78 Å². The molecular weight excluding hydrogens is 294 g/mol. The summed E-state index contributed by atoms with van der Waals surface area (Å²) in [5.41, 5.74) is 0.0768. The Morgan fingerprint density at radius 1 is 1.47 bits per heavy atom. The third-order valence-corrected chi connectivity index (χ3v) is 3.35. The molecule has 98 valence electrons. The third kappa shape index (κ3) is 4.07. The summed E-state index contributed by atoms with van der Waals surface area (Å²) in [7, 11) is 1.55. The summed E-state index contributed by atoms with van der Waals surface area (Å²) < 4.78 is 37.4. The van der Waals surface area contributed by atoms with Gasteiger partial charge in [0.1, 0.15) is 12.4 Å². The smallest absolute Gasteiger partial charge is 0.270 e. The molecule has 0 aromatic heterocycles. The first-order valence-electron chi connectivity index (χ1n) is 5.47. The number of allylic oxidation sites excluding steroid dienone is 3. The summed E-state index contributed by atoms with van der Waals surface area (Å²) in [5.74, 6) is -2.78. The number of rotatable bonds is 6. The molecule has 0 N–H and O–H groups in total. The molecule has 1 unspecified atom stereocenters. The molecule has 2 nitrogen and oxygen atoms in total. The van der Waals surface area contributed by atoms with E-state index in [0.717, 1.165) is 6.92 Å². The molecule has 1 aliphatic rings. The fourth-order valence-electron chi connectivity index (χ4n) is 1.82. The molecule has 0 fully saturated rings. The van der Waals surface area contributed by atoms with Gasteiger partial charge in [0, 0.05) is 30.9 Å². The van der Waals surface area contributed by atoms with Crippen LogP contribution in [-0.2, 0) is 9.47 Å². The molecule has 0 aromatic rings. The van der Waals surface area contributed by atoms with Crippen molar-refractivity contribution in [2.24, 2.45) is 5.92 Å². The minimum atomic E-state index is -2.86. The molecule has 0 saturated heterocycles. The van der Waals surface area contributed by atoms with Crippen LogP contribution in [0.1, 0.15) is 13.3 Å². The Morgan fingerprint density at radius 2 is 2.18 bits per heavy atom. The largest absolute Gasteiger partial charge is 0.491 e. The first-order chi connectivity index (χ1) is 8.00. The van der Waals surface area contributed by atoms with Crippen molar-refractivity contribution in [3.05, 3.63) is 23.5 Å². The molecule has 1 aliphatic carbocycles. The van der Waals surface area contributed by atoms with E-state index in [4.69, 9.17) is 9.47 Å². The van der Waals surface area contributed by atoms with Gasteiger partial charge in [-0.2, -0.15) is 0 Å². The molecule has 1 rings (SSSR count). The minimum Gasteiger partial charge on any atom is -0.491 e. The van der Waals surface area contributed by atoms with Gasteiger partial charge in [0.25, 0.3) is 5.92 Å². The van der Waals surface area contributed by atoms with Crippen molar-refractivity contribution in [3.63, 3.8) is 0 Å². The molecule has 0 amide bonds. The van der Waals surface area contributed by atoms with Gasteiger partial charge in [-0.3, -0.25) is 0 Å². The summed E-state index contributed by atoms with van der Waals surface area (Å²) in [6.07, 6.45) is 4.10. The molecule has 0 heterocycles. The van der Waals surface area contributed by atoms with E-state index in [9.17, 15) is 8.78 Å². The first-order valence-corrected chi connectivity index (χ1v) is 6.59. The van der Waals surface area contributed by atoms with E-state index in [1.54, 1.807) is 13.2 Å². The van der Waals surface area contributed by atoms with E-state index in [2.05, 4.69) is 15.9 Å². The van der Waals surface area contributed by atoms with Crippen LogP contribution in [0.2, 0.25) is 0 Å². The Balaban J connectivity index is 2.89. The fraction of sp³-hybridized carbons (Fsp3) is 0.667. The SMILES string of the molecule is COCCOC1=C(C(C)(F)F)C(CBr)CC=C1. The quantitative estimate of drug-likeness (QED) is 0.552. The summed E-state index contributed by atoms with van der Waals surface area (Å²) in [6, 6.07) is 0. The van der Waals surface area contributed by atoms with Gasteiger partial charge >= 0.3 is 0 Å². The highest BCUT2D eigenvalue weighted by molar-refractivity contribution is 9.09. The standard InChI is InChI=1S/C12H17BrF2O2/c1-12(14,15)11-9(8-13)4-3-5-10(11)17-7-6-16-2/h3,5,9H,4,6-8H2,1-2H3. The van der Waals surface area contributed by atoms with Crippen molar-refractivity contribution in [2.75, 3.05) is 25.7 Å². The lowest BCUT2D eigenvalue weighted by Crippen LogP contribution is -2.26. The highest BCUT2D eigenvalue weighted by Gasteiger charge is 2.37. The van der Waals surface area contributed by atoms with Crippen molar-refractivity contribution in [1.29, 1.82) is 0 Å². The molecule has 1 atom stereocenters. The van der Waals surface area contributed by atoms with Crippen LogP contribution in [0.3, 0.4) is 0 Å². The molecule has 17 heavy (non-hydrogen) atoms. The Kier molecular flexibility index (Phi) is 5.59. The minimum absolute atomic E-state index is 0.0768. The summed E-state index contributed by atoms with van der Waals surface area (Å²) in [6.45, 7) is 1.58.